The van der Waals surface area contributed by atoms with Crippen LogP contribution >= 0.6 is 0 Å². The van der Waals surface area contributed by atoms with E-state index in [-0.39, 0.29) is 0 Å². The van der Waals surface area contributed by atoms with Crippen molar-refractivity contribution in [2.24, 2.45) is 0 Å². The molecule has 0 unspecified atom stereocenters. The van der Waals surface area contributed by atoms with E-state index in [1.54, 1.807) is 14.0 Å². The van der Waals surface area contributed by atoms with Crippen molar-refractivity contribution in [3.63, 3.8) is 0 Å². The first-order valence-corrected chi connectivity index (χ1v) is 8.59. The Morgan fingerprint density at radius 1 is 1.15 bits per heavy atom. The summed E-state index contributed by atoms with van der Waals surface area (Å²) >= 11 is 0. The molecule has 136 valence electrons. The monoisotopic (exact) mass is 353 g/mol. The number of carbonyl (C=O) groups is 1. The number of aryl methyl sites for hydroxylation is 1. The molecule has 0 aliphatic carbocycles. The third kappa shape index (κ3) is 3.18. The molecule has 0 aliphatic rings. The maximum absolute atomic E-state index is 11.5. The van der Waals surface area contributed by atoms with E-state index in [1.165, 1.54) is 0 Å². The topological polar surface area (TPSA) is 78.5 Å². The van der Waals surface area contributed by atoms with Gasteiger partial charge in [0, 0.05) is 23.2 Å². The average molecular weight is 353 g/mol. The summed E-state index contributed by atoms with van der Waals surface area (Å²) in [5, 5.41) is 3.66. The second kappa shape index (κ2) is 7.39. The summed E-state index contributed by atoms with van der Waals surface area (Å²) in [6.07, 6.45) is -0.463. The van der Waals surface area contributed by atoms with E-state index in [4.69, 9.17) is 15.2 Å². The molecule has 0 bridgehead atoms. The second-order valence-electron chi connectivity index (χ2n) is 5.81. The Labute approximate surface area is 152 Å². The maximum atomic E-state index is 11.5. The first-order chi connectivity index (χ1) is 12.6. The predicted molar refractivity (Wildman–Crippen MR) is 105 cm³/mol. The van der Waals surface area contributed by atoms with Crippen molar-refractivity contribution in [2.75, 3.05) is 24.8 Å². The van der Waals surface area contributed by atoms with Gasteiger partial charge in [-0.3, -0.25) is 5.32 Å². The predicted octanol–water partition coefficient (Wildman–Crippen LogP) is 4.49. The van der Waals surface area contributed by atoms with Crippen molar-refractivity contribution in [3.8, 4) is 17.0 Å². The lowest BCUT2D eigenvalue weighted by Gasteiger charge is -2.10. The van der Waals surface area contributed by atoms with Crippen LogP contribution in [0.4, 0.5) is 16.2 Å². The Bertz CT molecular complexity index is 930. The van der Waals surface area contributed by atoms with Gasteiger partial charge in [0.2, 0.25) is 0 Å². The molecule has 0 atom stereocenters. The summed E-state index contributed by atoms with van der Waals surface area (Å²) in [5.41, 5.74) is 10.9. The Balaban J connectivity index is 2.02. The molecule has 1 heterocycles. The zero-order valence-corrected chi connectivity index (χ0v) is 15.2. The lowest BCUT2D eigenvalue weighted by Crippen LogP contribution is -2.13. The van der Waals surface area contributed by atoms with Gasteiger partial charge in [-0.25, -0.2) is 4.79 Å². The van der Waals surface area contributed by atoms with Gasteiger partial charge in [0.15, 0.2) is 0 Å². The van der Waals surface area contributed by atoms with Crippen LogP contribution in [0.15, 0.2) is 42.5 Å². The molecule has 0 fully saturated rings. The van der Waals surface area contributed by atoms with Gasteiger partial charge in [-0.15, -0.1) is 0 Å². The van der Waals surface area contributed by atoms with E-state index in [9.17, 15) is 4.79 Å². The van der Waals surface area contributed by atoms with E-state index in [1.807, 2.05) is 42.5 Å². The molecule has 0 aliphatic heterocycles. The second-order valence-corrected chi connectivity index (χ2v) is 5.81. The third-order valence-corrected chi connectivity index (χ3v) is 4.31. The van der Waals surface area contributed by atoms with Crippen molar-refractivity contribution in [3.05, 3.63) is 42.5 Å². The van der Waals surface area contributed by atoms with Crippen molar-refractivity contribution in [2.45, 2.75) is 20.4 Å². The highest BCUT2D eigenvalue weighted by Crippen LogP contribution is 2.38. The van der Waals surface area contributed by atoms with Crippen LogP contribution < -0.4 is 15.8 Å². The number of aromatic nitrogens is 1. The minimum Gasteiger partial charge on any atom is -0.497 e. The number of hydrogen-bond acceptors (Lipinski definition) is 4. The standard InChI is InChI=1S/C20H23N3O3/c1-4-23-17-11-10-15(25-3)12-16(17)18(21)19(23)13-6-8-14(9-7-13)22-20(24)26-5-2/h6-12H,4-5,21H2,1-3H3,(H,22,24). The molecule has 3 N–H and O–H groups in total. The number of nitrogen functional groups attached to an aromatic ring is 1. The molecule has 0 spiro atoms. The lowest BCUT2D eigenvalue weighted by atomic mass is 10.1. The number of methoxy groups -OCH3 is 1. The summed E-state index contributed by atoms with van der Waals surface area (Å²) in [6, 6.07) is 13.5. The number of benzene rings is 2. The van der Waals surface area contributed by atoms with Gasteiger partial charge in [0.1, 0.15) is 5.75 Å². The molecular weight excluding hydrogens is 330 g/mol. The van der Waals surface area contributed by atoms with Crippen LogP contribution in [0, 0.1) is 0 Å². The zero-order valence-electron chi connectivity index (χ0n) is 15.2. The van der Waals surface area contributed by atoms with E-state index in [2.05, 4.69) is 16.8 Å². The van der Waals surface area contributed by atoms with Crippen LogP contribution in [-0.4, -0.2) is 24.4 Å². The summed E-state index contributed by atoms with van der Waals surface area (Å²) < 4.78 is 12.4. The number of nitrogens with one attached hydrogen (secondary N) is 1. The minimum atomic E-state index is -0.463. The Kier molecular flexibility index (Phi) is 5.02. The van der Waals surface area contributed by atoms with Gasteiger partial charge in [0.25, 0.3) is 0 Å². The lowest BCUT2D eigenvalue weighted by molar-refractivity contribution is 0.168. The minimum absolute atomic E-state index is 0.334. The molecule has 1 aromatic heterocycles. The van der Waals surface area contributed by atoms with Gasteiger partial charge >= 0.3 is 6.09 Å². The Hall–Kier alpha value is -3.15. The number of anilines is 2. The number of ether oxygens (including phenoxy) is 2. The van der Waals surface area contributed by atoms with Crippen LogP contribution in [0.1, 0.15) is 13.8 Å². The third-order valence-electron chi connectivity index (χ3n) is 4.31. The number of nitrogens with zero attached hydrogens (tertiary/aromatic N) is 1. The number of fused-ring (bicyclic) bond motifs is 1. The fourth-order valence-electron chi connectivity index (χ4n) is 3.12. The largest absolute Gasteiger partial charge is 0.497 e. The van der Waals surface area contributed by atoms with Crippen LogP contribution in [0.2, 0.25) is 0 Å². The SMILES string of the molecule is CCOC(=O)Nc1ccc(-c2c(N)c3cc(OC)ccc3n2CC)cc1. The molecule has 26 heavy (non-hydrogen) atoms. The average Bonchev–Trinajstić information content (AvgIpc) is 2.94. The smallest absolute Gasteiger partial charge is 0.411 e. The van der Waals surface area contributed by atoms with E-state index < -0.39 is 6.09 Å². The molecule has 2 aromatic carbocycles. The fourth-order valence-corrected chi connectivity index (χ4v) is 3.12. The number of rotatable bonds is 5. The van der Waals surface area contributed by atoms with Gasteiger partial charge in [-0.2, -0.15) is 0 Å². The van der Waals surface area contributed by atoms with Crippen LogP contribution in [-0.2, 0) is 11.3 Å². The van der Waals surface area contributed by atoms with E-state index in [0.29, 0.717) is 18.0 Å². The number of nitrogens with two attached hydrogens (primary N) is 1. The molecule has 1 amide bonds. The van der Waals surface area contributed by atoms with Crippen LogP contribution in [0.5, 0.6) is 5.75 Å². The molecule has 0 radical (unpaired) electrons. The number of hydrogen-bond donors (Lipinski definition) is 2. The highest BCUT2D eigenvalue weighted by atomic mass is 16.5. The molecular formula is C20H23N3O3. The molecule has 3 aromatic rings. The summed E-state index contributed by atoms with van der Waals surface area (Å²) in [7, 11) is 1.64. The van der Waals surface area contributed by atoms with Crippen molar-refractivity contribution in [1.29, 1.82) is 0 Å². The Morgan fingerprint density at radius 2 is 1.88 bits per heavy atom. The first kappa shape index (κ1) is 17.7. The van der Waals surface area contributed by atoms with E-state index >= 15 is 0 Å². The summed E-state index contributed by atoms with van der Waals surface area (Å²) in [4.78, 5) is 11.5. The van der Waals surface area contributed by atoms with Crippen molar-refractivity contribution in [1.82, 2.24) is 4.57 Å². The van der Waals surface area contributed by atoms with Crippen molar-refractivity contribution < 1.29 is 14.3 Å². The summed E-state index contributed by atoms with van der Waals surface area (Å²) in [6.45, 7) is 4.98. The normalized spacial score (nSPS) is 10.7. The van der Waals surface area contributed by atoms with Gasteiger partial charge in [-0.1, -0.05) is 12.1 Å². The quantitative estimate of drug-likeness (QED) is 0.708. The van der Waals surface area contributed by atoms with Gasteiger partial charge in [0.05, 0.1) is 30.6 Å². The molecule has 3 rings (SSSR count). The maximum Gasteiger partial charge on any atom is 0.411 e. The number of carbonyl (C=O) groups excluding carboxylic acids is 1. The highest BCUT2D eigenvalue weighted by Gasteiger charge is 2.16. The summed E-state index contributed by atoms with van der Waals surface area (Å²) in [5.74, 6) is 0.776. The first-order valence-electron chi connectivity index (χ1n) is 8.59. The van der Waals surface area contributed by atoms with Gasteiger partial charge in [-0.05, 0) is 44.2 Å². The Morgan fingerprint density at radius 3 is 2.50 bits per heavy atom. The molecule has 0 saturated carbocycles. The van der Waals surface area contributed by atoms with Gasteiger partial charge < -0.3 is 19.8 Å². The van der Waals surface area contributed by atoms with Crippen LogP contribution in [0.3, 0.4) is 0 Å². The van der Waals surface area contributed by atoms with Crippen LogP contribution in [0.25, 0.3) is 22.2 Å². The molecule has 6 heteroatoms. The number of amides is 1. The zero-order chi connectivity index (χ0) is 18.7. The fraction of sp³-hybridized carbons (Fsp3) is 0.250. The molecule has 6 nitrogen and oxygen atoms in total. The molecule has 0 saturated heterocycles. The van der Waals surface area contributed by atoms with E-state index in [0.717, 1.165) is 34.5 Å². The highest BCUT2D eigenvalue weighted by molar-refractivity contribution is 6.01. The van der Waals surface area contributed by atoms with Crippen molar-refractivity contribution >= 4 is 28.4 Å².